The molecule has 0 aromatic carbocycles. The molecule has 0 saturated heterocycles. The van der Waals surface area contributed by atoms with Crippen molar-refractivity contribution in [3.63, 3.8) is 0 Å². The van der Waals surface area contributed by atoms with Gasteiger partial charge in [0.2, 0.25) is 0 Å². The molecule has 0 saturated carbocycles. The summed E-state index contributed by atoms with van der Waals surface area (Å²) in [5, 5.41) is 3.13. The van der Waals surface area contributed by atoms with Gasteiger partial charge < -0.3 is 4.84 Å². The fourth-order valence-electron chi connectivity index (χ4n) is 1.41. The summed E-state index contributed by atoms with van der Waals surface area (Å²) in [4.78, 5) is 4.37. The Morgan fingerprint density at radius 2 is 2.14 bits per heavy atom. The van der Waals surface area contributed by atoms with E-state index < -0.39 is 35.7 Å². The second-order valence-corrected chi connectivity index (χ2v) is 3.10. The van der Waals surface area contributed by atoms with E-state index in [0.717, 1.165) is 6.21 Å². The molecule has 0 radical (unpaired) electrons. The number of allylic oxidation sites excluding steroid dienone is 3. The van der Waals surface area contributed by atoms with Crippen LogP contribution in [0.25, 0.3) is 0 Å². The molecule has 0 aromatic heterocycles. The van der Waals surface area contributed by atoms with Crippen LogP contribution < -0.4 is 0 Å². The van der Waals surface area contributed by atoms with Gasteiger partial charge in [0.25, 0.3) is 0 Å². The molecule has 1 spiro atoms. The summed E-state index contributed by atoms with van der Waals surface area (Å²) in [5.41, 5.74) is -2.05. The molecule has 6 heteroatoms. The van der Waals surface area contributed by atoms with Crippen molar-refractivity contribution in [3.05, 3.63) is 23.6 Å². The molecule has 2 atom stereocenters. The van der Waals surface area contributed by atoms with Crippen LogP contribution in [0.15, 0.2) is 28.7 Å². The van der Waals surface area contributed by atoms with E-state index in [0.29, 0.717) is 0 Å². The minimum absolute atomic E-state index is 0.192. The van der Waals surface area contributed by atoms with E-state index in [1.54, 1.807) is 0 Å². The van der Waals surface area contributed by atoms with Crippen molar-refractivity contribution in [1.29, 1.82) is 0 Å². The van der Waals surface area contributed by atoms with Crippen LogP contribution in [-0.4, -0.2) is 19.0 Å². The highest BCUT2D eigenvalue weighted by atomic mass is 19.2. The topological polar surface area (TPSA) is 21.6 Å². The van der Waals surface area contributed by atoms with Gasteiger partial charge in [0.15, 0.2) is 17.8 Å². The summed E-state index contributed by atoms with van der Waals surface area (Å²) >= 11 is 0. The fraction of sp³-hybridized carbons (Fsp3) is 0.375. The zero-order valence-electron chi connectivity index (χ0n) is 6.81. The summed E-state index contributed by atoms with van der Waals surface area (Å²) in [7, 11) is 0. The third kappa shape index (κ3) is 0.995. The summed E-state index contributed by atoms with van der Waals surface area (Å²) in [5.74, 6) is -4.16. The van der Waals surface area contributed by atoms with Gasteiger partial charge >= 0.3 is 0 Å². The number of halogens is 4. The van der Waals surface area contributed by atoms with E-state index in [1.165, 1.54) is 0 Å². The lowest BCUT2D eigenvalue weighted by atomic mass is 9.80. The molecule has 0 amide bonds. The third-order valence-electron chi connectivity index (χ3n) is 2.24. The standard InChI is InChI=1S/C8H5F4NO/c9-4-1-5(10)7(12)8(6(4)11)2-13-14-3-8/h1-2,6H,3H2. The number of hydrogen-bond donors (Lipinski definition) is 0. The van der Waals surface area contributed by atoms with Crippen LogP contribution in [0.3, 0.4) is 0 Å². The minimum Gasteiger partial charge on any atom is -0.394 e. The Kier molecular flexibility index (Phi) is 1.87. The van der Waals surface area contributed by atoms with Crippen LogP contribution in [0.1, 0.15) is 0 Å². The largest absolute Gasteiger partial charge is 0.394 e. The molecule has 0 fully saturated rings. The Morgan fingerprint density at radius 1 is 1.43 bits per heavy atom. The van der Waals surface area contributed by atoms with Crippen molar-refractivity contribution >= 4 is 6.21 Å². The molecular weight excluding hydrogens is 202 g/mol. The molecular formula is C8H5F4NO. The van der Waals surface area contributed by atoms with Crippen LogP contribution in [0.5, 0.6) is 0 Å². The maximum atomic E-state index is 13.3. The Hall–Kier alpha value is -1.33. The summed E-state index contributed by atoms with van der Waals surface area (Å²) < 4.78 is 52.2. The maximum Gasteiger partial charge on any atom is 0.172 e. The molecule has 2 unspecified atom stereocenters. The molecule has 2 rings (SSSR count). The highest BCUT2D eigenvalue weighted by Gasteiger charge is 2.52. The van der Waals surface area contributed by atoms with Gasteiger partial charge in [-0.1, -0.05) is 5.16 Å². The lowest BCUT2D eigenvalue weighted by Gasteiger charge is -2.27. The zero-order chi connectivity index (χ0) is 10.3. The number of nitrogens with zero attached hydrogens (tertiary/aromatic N) is 1. The number of oxime groups is 1. The molecule has 1 heterocycles. The van der Waals surface area contributed by atoms with Gasteiger partial charge in [-0.15, -0.1) is 0 Å². The van der Waals surface area contributed by atoms with Gasteiger partial charge in [-0.3, -0.25) is 0 Å². The average Bonchev–Trinajstić information content (AvgIpc) is 2.63. The highest BCUT2D eigenvalue weighted by Crippen LogP contribution is 2.45. The lowest BCUT2D eigenvalue weighted by Crippen LogP contribution is -2.38. The molecule has 1 aliphatic heterocycles. The van der Waals surface area contributed by atoms with E-state index >= 15 is 0 Å². The number of alkyl halides is 1. The van der Waals surface area contributed by atoms with E-state index in [-0.39, 0.29) is 6.08 Å². The zero-order valence-corrected chi connectivity index (χ0v) is 6.81. The second-order valence-electron chi connectivity index (χ2n) is 3.10. The molecule has 0 aromatic rings. The van der Waals surface area contributed by atoms with E-state index in [2.05, 4.69) is 9.99 Å². The summed E-state index contributed by atoms with van der Waals surface area (Å²) in [6.07, 6.45) is -1.34. The van der Waals surface area contributed by atoms with Crippen LogP contribution in [0, 0.1) is 5.41 Å². The SMILES string of the molecule is FC1=CC(F)=C(F)C2(C=NOC2)C1F. The molecule has 2 nitrogen and oxygen atoms in total. The summed E-state index contributed by atoms with van der Waals surface area (Å²) in [6.45, 7) is -0.533. The molecule has 0 bridgehead atoms. The van der Waals surface area contributed by atoms with Gasteiger partial charge in [0, 0.05) is 6.08 Å². The predicted molar refractivity (Wildman–Crippen MR) is 40.2 cm³/mol. The van der Waals surface area contributed by atoms with Crippen molar-refractivity contribution in [2.45, 2.75) is 6.17 Å². The van der Waals surface area contributed by atoms with Crippen LogP contribution in [0.2, 0.25) is 0 Å². The quantitative estimate of drug-likeness (QED) is 0.558. The first-order valence-corrected chi connectivity index (χ1v) is 3.81. The Balaban J connectivity index is 2.52. The van der Waals surface area contributed by atoms with Crippen LogP contribution >= 0.6 is 0 Å². The normalized spacial score (nSPS) is 36.3. The first-order valence-electron chi connectivity index (χ1n) is 3.81. The number of hydrogen-bond acceptors (Lipinski definition) is 2. The predicted octanol–water partition coefficient (Wildman–Crippen LogP) is 2.34. The van der Waals surface area contributed by atoms with E-state index in [9.17, 15) is 17.6 Å². The van der Waals surface area contributed by atoms with E-state index in [4.69, 9.17) is 0 Å². The Labute approximate surface area is 76.5 Å². The van der Waals surface area contributed by atoms with E-state index in [1.807, 2.05) is 0 Å². The monoisotopic (exact) mass is 207 g/mol. The first-order chi connectivity index (χ1) is 6.58. The first kappa shape index (κ1) is 9.23. The second kappa shape index (κ2) is 2.83. The van der Waals surface area contributed by atoms with Crippen molar-refractivity contribution in [1.82, 2.24) is 0 Å². The van der Waals surface area contributed by atoms with Gasteiger partial charge in [-0.2, -0.15) is 0 Å². The van der Waals surface area contributed by atoms with Crippen molar-refractivity contribution < 1.29 is 22.4 Å². The lowest BCUT2D eigenvalue weighted by molar-refractivity contribution is 0.0772. The Morgan fingerprint density at radius 3 is 2.71 bits per heavy atom. The van der Waals surface area contributed by atoms with Gasteiger partial charge in [-0.25, -0.2) is 17.6 Å². The van der Waals surface area contributed by atoms with Crippen molar-refractivity contribution in [2.24, 2.45) is 10.6 Å². The molecule has 0 N–H and O–H groups in total. The number of rotatable bonds is 0. The molecule has 76 valence electrons. The molecule has 14 heavy (non-hydrogen) atoms. The third-order valence-corrected chi connectivity index (χ3v) is 2.24. The van der Waals surface area contributed by atoms with Crippen molar-refractivity contribution in [2.75, 3.05) is 6.61 Å². The van der Waals surface area contributed by atoms with Gasteiger partial charge in [0.1, 0.15) is 17.8 Å². The van der Waals surface area contributed by atoms with Gasteiger partial charge in [-0.05, 0) is 0 Å². The van der Waals surface area contributed by atoms with Crippen LogP contribution in [0.4, 0.5) is 17.6 Å². The van der Waals surface area contributed by atoms with Crippen LogP contribution in [-0.2, 0) is 4.84 Å². The average molecular weight is 207 g/mol. The van der Waals surface area contributed by atoms with Crippen molar-refractivity contribution in [3.8, 4) is 0 Å². The maximum absolute atomic E-state index is 13.3. The fourth-order valence-corrected chi connectivity index (χ4v) is 1.41. The smallest absolute Gasteiger partial charge is 0.172 e. The highest BCUT2D eigenvalue weighted by molar-refractivity contribution is 5.74. The summed E-state index contributed by atoms with van der Waals surface area (Å²) in [6, 6.07) is 0. The minimum atomic E-state index is -2.28. The molecule has 2 aliphatic rings. The Bertz CT molecular complexity index is 362. The molecule has 1 aliphatic carbocycles. The van der Waals surface area contributed by atoms with Gasteiger partial charge in [0.05, 0.1) is 6.21 Å².